The van der Waals surface area contributed by atoms with Crippen molar-refractivity contribution in [2.45, 2.75) is 66.0 Å². The summed E-state index contributed by atoms with van der Waals surface area (Å²) < 4.78 is 7.09. The molecule has 0 heterocycles. The molecule has 0 spiro atoms. The summed E-state index contributed by atoms with van der Waals surface area (Å²) in [4.78, 5) is 0. The van der Waals surface area contributed by atoms with Gasteiger partial charge >= 0.3 is 0 Å². The summed E-state index contributed by atoms with van der Waals surface area (Å²) in [5.74, 6) is 1.53. The zero-order chi connectivity index (χ0) is 13.8. The largest absolute Gasteiger partial charge is 0.543 e. The first-order chi connectivity index (χ1) is 8.30. The minimum absolute atomic E-state index is 0.348. The van der Waals surface area contributed by atoms with Crippen LogP contribution in [0.15, 0.2) is 9.84 Å². The summed E-state index contributed by atoms with van der Waals surface area (Å²) in [6.45, 7) is 11.6. The molecule has 106 valence electrons. The van der Waals surface area contributed by atoms with Crippen molar-refractivity contribution >= 4 is 31.6 Å². The molecule has 1 aliphatic rings. The van der Waals surface area contributed by atoms with Crippen LogP contribution in [0.1, 0.15) is 52.9 Å². The molecule has 1 aliphatic carbocycles. The van der Waals surface area contributed by atoms with Gasteiger partial charge in [-0.15, -0.1) is 0 Å². The molecule has 0 saturated heterocycles. The Bertz CT molecular complexity index is 275. The number of halogens is 1. The fourth-order valence-corrected chi connectivity index (χ4v) is 5.43. The van der Waals surface area contributed by atoms with Crippen molar-refractivity contribution in [2.24, 2.45) is 17.3 Å². The SMILES string of the molecule is C[SiH](C)OC(I)=C[C@H](C1CCCCC1)C(C)(C)C. The Hall–Kier alpha value is 0.487. The summed E-state index contributed by atoms with van der Waals surface area (Å²) >= 11 is 2.38. The lowest BCUT2D eigenvalue weighted by Crippen LogP contribution is -2.28. The van der Waals surface area contributed by atoms with Gasteiger partial charge < -0.3 is 4.43 Å². The van der Waals surface area contributed by atoms with Crippen molar-refractivity contribution < 1.29 is 4.43 Å². The molecule has 3 heteroatoms. The summed E-state index contributed by atoms with van der Waals surface area (Å²) in [6.07, 6.45) is 9.50. The summed E-state index contributed by atoms with van der Waals surface area (Å²) in [6, 6.07) is 0. The molecular weight excluding hydrogens is 351 g/mol. The molecule has 1 atom stereocenters. The van der Waals surface area contributed by atoms with Crippen molar-refractivity contribution in [3.63, 3.8) is 0 Å². The third-order valence-electron chi connectivity index (χ3n) is 3.82. The van der Waals surface area contributed by atoms with E-state index in [1.807, 2.05) is 0 Å². The molecule has 0 aromatic carbocycles. The van der Waals surface area contributed by atoms with Gasteiger partial charge in [0.15, 0.2) is 0 Å². The molecule has 0 amide bonds. The Kier molecular flexibility index (Phi) is 6.72. The zero-order valence-electron chi connectivity index (χ0n) is 12.6. The maximum absolute atomic E-state index is 5.95. The van der Waals surface area contributed by atoms with Gasteiger partial charge in [0.05, 0.1) is 0 Å². The van der Waals surface area contributed by atoms with Crippen LogP contribution in [0.3, 0.4) is 0 Å². The minimum atomic E-state index is -0.959. The van der Waals surface area contributed by atoms with Gasteiger partial charge in [-0.25, -0.2) is 0 Å². The van der Waals surface area contributed by atoms with E-state index in [-0.39, 0.29) is 0 Å². The highest BCUT2D eigenvalue weighted by molar-refractivity contribution is 14.1. The molecule has 0 N–H and O–H groups in total. The number of allylic oxidation sites excluding steroid dienone is 1. The lowest BCUT2D eigenvalue weighted by Gasteiger charge is -2.37. The molecule has 1 nitrogen and oxygen atoms in total. The Labute approximate surface area is 129 Å². The molecular formula is C15H29IOSi. The maximum Gasteiger partial charge on any atom is 0.230 e. The highest BCUT2D eigenvalue weighted by Gasteiger charge is 2.31. The van der Waals surface area contributed by atoms with Gasteiger partial charge in [-0.2, -0.15) is 0 Å². The van der Waals surface area contributed by atoms with Crippen LogP contribution >= 0.6 is 22.6 Å². The first-order valence-corrected chi connectivity index (χ1v) is 11.2. The van der Waals surface area contributed by atoms with Gasteiger partial charge in [0.2, 0.25) is 9.04 Å². The van der Waals surface area contributed by atoms with Crippen LogP contribution in [-0.2, 0) is 4.43 Å². The first kappa shape index (κ1) is 16.5. The standard InChI is InChI=1S/C15H29IOSi/c1-15(2,3)13(11-14(16)17-18(4)5)12-9-7-6-8-10-12/h11-13,18H,6-10H2,1-5H3/t13-/m1/s1. The summed E-state index contributed by atoms with van der Waals surface area (Å²) in [5, 5.41) is 0. The van der Waals surface area contributed by atoms with Gasteiger partial charge in [-0.3, -0.25) is 0 Å². The van der Waals surface area contributed by atoms with E-state index in [0.717, 1.165) is 9.68 Å². The molecule has 1 fully saturated rings. The second kappa shape index (κ2) is 7.32. The highest BCUT2D eigenvalue weighted by Crippen LogP contribution is 2.41. The normalized spacial score (nSPS) is 21.2. The van der Waals surface area contributed by atoms with Gasteiger partial charge in [0, 0.05) is 0 Å². The third-order valence-corrected chi connectivity index (χ3v) is 5.64. The van der Waals surface area contributed by atoms with Crippen LogP contribution < -0.4 is 0 Å². The van der Waals surface area contributed by atoms with E-state index in [4.69, 9.17) is 4.43 Å². The second-order valence-corrected chi connectivity index (χ2v) is 10.3. The first-order valence-electron chi connectivity index (χ1n) is 7.34. The van der Waals surface area contributed by atoms with Crippen LogP contribution in [0.5, 0.6) is 0 Å². The third kappa shape index (κ3) is 5.64. The van der Waals surface area contributed by atoms with Gasteiger partial charge in [0.25, 0.3) is 0 Å². The number of rotatable bonds is 4. The molecule has 0 bridgehead atoms. The average molecular weight is 380 g/mol. The highest BCUT2D eigenvalue weighted by atomic mass is 127. The Morgan fingerprint density at radius 1 is 1.22 bits per heavy atom. The molecule has 1 saturated carbocycles. The van der Waals surface area contributed by atoms with Crippen LogP contribution in [0, 0.1) is 17.3 Å². The van der Waals surface area contributed by atoms with E-state index in [2.05, 4.69) is 62.5 Å². The van der Waals surface area contributed by atoms with Crippen molar-refractivity contribution in [1.29, 1.82) is 0 Å². The predicted molar refractivity (Wildman–Crippen MR) is 91.6 cm³/mol. The lowest BCUT2D eigenvalue weighted by atomic mass is 9.68. The van der Waals surface area contributed by atoms with Gasteiger partial charge in [-0.05, 0) is 71.9 Å². The molecule has 1 rings (SSSR count). The molecule has 0 aliphatic heterocycles. The topological polar surface area (TPSA) is 9.23 Å². The monoisotopic (exact) mass is 380 g/mol. The predicted octanol–water partition coefficient (Wildman–Crippen LogP) is 5.51. The van der Waals surface area contributed by atoms with Crippen molar-refractivity contribution in [3.05, 3.63) is 9.84 Å². The zero-order valence-corrected chi connectivity index (χ0v) is 15.9. The average Bonchev–Trinajstić information content (AvgIpc) is 2.24. The molecule has 0 aromatic heterocycles. The second-order valence-electron chi connectivity index (χ2n) is 6.93. The summed E-state index contributed by atoms with van der Waals surface area (Å²) in [7, 11) is -0.959. The number of hydrogen-bond acceptors (Lipinski definition) is 1. The minimum Gasteiger partial charge on any atom is -0.543 e. The fraction of sp³-hybridized carbons (Fsp3) is 0.867. The Morgan fingerprint density at radius 3 is 2.22 bits per heavy atom. The van der Waals surface area contributed by atoms with Crippen molar-refractivity contribution in [2.75, 3.05) is 0 Å². The molecule has 0 unspecified atom stereocenters. The van der Waals surface area contributed by atoms with Crippen LogP contribution in [-0.4, -0.2) is 9.04 Å². The number of hydrogen-bond donors (Lipinski definition) is 0. The fourth-order valence-electron chi connectivity index (χ4n) is 2.99. The van der Waals surface area contributed by atoms with Crippen LogP contribution in [0.25, 0.3) is 0 Å². The van der Waals surface area contributed by atoms with Crippen LogP contribution in [0.4, 0.5) is 0 Å². The Morgan fingerprint density at radius 2 is 1.78 bits per heavy atom. The maximum atomic E-state index is 5.95. The van der Waals surface area contributed by atoms with Gasteiger partial charge in [0.1, 0.15) is 3.77 Å². The van der Waals surface area contributed by atoms with Crippen LogP contribution in [0.2, 0.25) is 13.1 Å². The molecule has 0 radical (unpaired) electrons. The van der Waals surface area contributed by atoms with Gasteiger partial charge in [-0.1, -0.05) is 40.0 Å². The van der Waals surface area contributed by atoms with E-state index in [1.165, 1.54) is 32.1 Å². The van der Waals surface area contributed by atoms with Crippen molar-refractivity contribution in [3.8, 4) is 0 Å². The van der Waals surface area contributed by atoms with E-state index < -0.39 is 9.04 Å². The van der Waals surface area contributed by atoms with E-state index >= 15 is 0 Å². The molecule has 0 aromatic rings. The smallest absolute Gasteiger partial charge is 0.230 e. The summed E-state index contributed by atoms with van der Waals surface area (Å²) in [5.41, 5.74) is 0.348. The van der Waals surface area contributed by atoms with E-state index in [0.29, 0.717) is 11.3 Å². The van der Waals surface area contributed by atoms with E-state index in [9.17, 15) is 0 Å². The quantitative estimate of drug-likeness (QED) is 0.355. The lowest BCUT2D eigenvalue weighted by molar-refractivity contribution is 0.164. The van der Waals surface area contributed by atoms with E-state index in [1.54, 1.807) is 0 Å². The van der Waals surface area contributed by atoms with Crippen molar-refractivity contribution in [1.82, 2.24) is 0 Å². The molecule has 18 heavy (non-hydrogen) atoms. The Balaban J connectivity index is 2.78.